The summed E-state index contributed by atoms with van der Waals surface area (Å²) in [4.78, 5) is 29.5. The number of nitrogens with zero attached hydrogens (tertiary/aromatic N) is 3. The van der Waals surface area contributed by atoms with E-state index in [0.717, 1.165) is 5.69 Å². The van der Waals surface area contributed by atoms with Crippen molar-refractivity contribution in [3.63, 3.8) is 0 Å². The molecule has 0 saturated heterocycles. The first-order valence-corrected chi connectivity index (χ1v) is 10.4. The van der Waals surface area contributed by atoms with Crippen molar-refractivity contribution in [2.45, 2.75) is 19.5 Å². The van der Waals surface area contributed by atoms with E-state index in [1.807, 2.05) is 36.0 Å². The van der Waals surface area contributed by atoms with Crippen molar-refractivity contribution in [2.75, 3.05) is 26.8 Å². The lowest BCUT2D eigenvalue weighted by molar-refractivity contribution is -0.133. The van der Waals surface area contributed by atoms with E-state index in [1.165, 1.54) is 29.2 Å². The summed E-state index contributed by atoms with van der Waals surface area (Å²) in [7, 11) is 3.50. The van der Waals surface area contributed by atoms with Crippen molar-refractivity contribution < 1.29 is 23.1 Å². The van der Waals surface area contributed by atoms with E-state index >= 15 is 0 Å². The molecule has 8 heteroatoms. The maximum atomic E-state index is 13.3. The minimum Gasteiger partial charge on any atom is -0.467 e. The molecule has 0 aliphatic carbocycles. The molecular weight excluding hydrogens is 413 g/mol. The smallest absolute Gasteiger partial charge is 0.254 e. The number of aromatic nitrogens is 1. The third-order valence-corrected chi connectivity index (χ3v) is 5.16. The van der Waals surface area contributed by atoms with Crippen molar-refractivity contribution in [3.8, 4) is 0 Å². The van der Waals surface area contributed by atoms with E-state index in [9.17, 15) is 14.0 Å². The van der Waals surface area contributed by atoms with Crippen molar-refractivity contribution in [3.05, 3.63) is 83.8 Å². The molecular formula is C24H28FN3O4. The molecule has 0 radical (unpaired) electrons. The molecule has 2 amide bonds. The first-order chi connectivity index (χ1) is 15.5. The topological polar surface area (TPSA) is 67.9 Å². The van der Waals surface area contributed by atoms with Crippen molar-refractivity contribution in [1.82, 2.24) is 14.4 Å². The molecule has 3 rings (SSSR count). The van der Waals surface area contributed by atoms with Crippen LogP contribution in [0.25, 0.3) is 0 Å². The Morgan fingerprint density at radius 3 is 2.47 bits per heavy atom. The Balaban J connectivity index is 1.78. The van der Waals surface area contributed by atoms with Gasteiger partial charge < -0.3 is 23.5 Å². The zero-order valence-corrected chi connectivity index (χ0v) is 18.4. The SMILES string of the molecule is COCCCN(CC(=O)N(Cc1ccco1)Cc1cccn1C)C(=O)c1ccc(F)cc1. The highest BCUT2D eigenvalue weighted by atomic mass is 19.1. The fraction of sp³-hybridized carbons (Fsp3) is 0.333. The molecule has 2 heterocycles. The predicted octanol–water partition coefficient (Wildman–Crippen LogP) is 3.46. The van der Waals surface area contributed by atoms with E-state index in [-0.39, 0.29) is 24.9 Å². The summed E-state index contributed by atoms with van der Waals surface area (Å²) in [6, 6.07) is 12.8. The van der Waals surface area contributed by atoms with Crippen LogP contribution < -0.4 is 0 Å². The quantitative estimate of drug-likeness (QED) is 0.428. The van der Waals surface area contributed by atoms with Gasteiger partial charge in [0.1, 0.15) is 18.1 Å². The Bertz CT molecular complexity index is 999. The summed E-state index contributed by atoms with van der Waals surface area (Å²) in [5, 5.41) is 0. The second kappa shape index (κ2) is 11.3. The molecule has 0 atom stereocenters. The van der Waals surface area contributed by atoms with Gasteiger partial charge in [-0.3, -0.25) is 9.59 Å². The van der Waals surface area contributed by atoms with E-state index in [1.54, 1.807) is 24.3 Å². The van der Waals surface area contributed by atoms with Gasteiger partial charge in [-0.25, -0.2) is 4.39 Å². The minimum atomic E-state index is -0.421. The van der Waals surface area contributed by atoms with Gasteiger partial charge in [0.05, 0.1) is 19.4 Å². The second-order valence-corrected chi connectivity index (χ2v) is 7.52. The standard InChI is InChI=1S/C24H28FN3O4/c1-26-12-3-6-21(26)16-28(17-22-7-4-15-32-22)23(29)18-27(13-5-14-31-2)24(30)19-8-10-20(25)11-9-19/h3-4,6-12,15H,5,13-14,16-18H2,1-2H3. The van der Waals surface area contributed by atoms with E-state index in [2.05, 4.69) is 0 Å². The number of hydrogen-bond donors (Lipinski definition) is 0. The summed E-state index contributed by atoms with van der Waals surface area (Å²) in [5.41, 5.74) is 1.29. The van der Waals surface area contributed by atoms with Crippen LogP contribution in [0.15, 0.2) is 65.4 Å². The van der Waals surface area contributed by atoms with Crippen LogP contribution in [0.2, 0.25) is 0 Å². The molecule has 3 aromatic rings. The highest BCUT2D eigenvalue weighted by Gasteiger charge is 2.23. The average Bonchev–Trinajstić information content (AvgIpc) is 3.44. The van der Waals surface area contributed by atoms with Gasteiger partial charge in [-0.05, 0) is 55.0 Å². The van der Waals surface area contributed by atoms with Gasteiger partial charge in [0.2, 0.25) is 5.91 Å². The van der Waals surface area contributed by atoms with Crippen LogP contribution in [-0.2, 0) is 29.7 Å². The first-order valence-electron chi connectivity index (χ1n) is 10.4. The second-order valence-electron chi connectivity index (χ2n) is 7.52. The zero-order chi connectivity index (χ0) is 22.9. The van der Waals surface area contributed by atoms with Crippen LogP contribution in [0.5, 0.6) is 0 Å². The normalized spacial score (nSPS) is 10.8. The summed E-state index contributed by atoms with van der Waals surface area (Å²) >= 11 is 0. The van der Waals surface area contributed by atoms with Crippen LogP contribution in [0.1, 0.15) is 28.2 Å². The molecule has 0 aliphatic heterocycles. The number of halogens is 1. The number of aryl methyl sites for hydroxylation is 1. The number of hydrogen-bond acceptors (Lipinski definition) is 4. The van der Waals surface area contributed by atoms with Crippen LogP contribution >= 0.6 is 0 Å². The molecule has 2 aromatic heterocycles. The lowest BCUT2D eigenvalue weighted by Crippen LogP contribution is -2.43. The molecule has 0 aliphatic rings. The highest BCUT2D eigenvalue weighted by Crippen LogP contribution is 2.14. The van der Waals surface area contributed by atoms with Crippen molar-refractivity contribution in [2.24, 2.45) is 7.05 Å². The Morgan fingerprint density at radius 1 is 1.06 bits per heavy atom. The van der Waals surface area contributed by atoms with Crippen LogP contribution in [-0.4, -0.2) is 53.0 Å². The Morgan fingerprint density at radius 2 is 1.84 bits per heavy atom. The Labute approximate surface area is 187 Å². The van der Waals surface area contributed by atoms with Gasteiger partial charge in [-0.1, -0.05) is 0 Å². The largest absolute Gasteiger partial charge is 0.467 e. The number of benzene rings is 1. The van der Waals surface area contributed by atoms with Crippen LogP contribution in [0.4, 0.5) is 4.39 Å². The molecule has 0 unspecified atom stereocenters. The van der Waals surface area contributed by atoms with Crippen LogP contribution in [0, 0.1) is 5.82 Å². The highest BCUT2D eigenvalue weighted by molar-refractivity contribution is 5.96. The van der Waals surface area contributed by atoms with Gasteiger partial charge >= 0.3 is 0 Å². The number of carbonyl (C=O) groups is 2. The molecule has 0 saturated carbocycles. The first kappa shape index (κ1) is 23.3. The summed E-state index contributed by atoms with van der Waals surface area (Å²) < 4.78 is 25.8. The molecule has 0 fully saturated rings. The van der Waals surface area contributed by atoms with Gasteiger partial charge in [0, 0.05) is 44.8 Å². The van der Waals surface area contributed by atoms with Gasteiger partial charge in [-0.15, -0.1) is 0 Å². The number of furan rings is 1. The molecule has 0 bridgehead atoms. The zero-order valence-electron chi connectivity index (χ0n) is 18.4. The molecule has 32 heavy (non-hydrogen) atoms. The lowest BCUT2D eigenvalue weighted by Gasteiger charge is -2.27. The van der Waals surface area contributed by atoms with Gasteiger partial charge in [0.25, 0.3) is 5.91 Å². The van der Waals surface area contributed by atoms with Gasteiger partial charge in [0.15, 0.2) is 0 Å². The molecule has 1 aromatic carbocycles. The van der Waals surface area contributed by atoms with E-state index in [4.69, 9.17) is 9.15 Å². The van der Waals surface area contributed by atoms with E-state index < -0.39 is 5.82 Å². The van der Waals surface area contributed by atoms with Crippen LogP contribution in [0.3, 0.4) is 0 Å². The van der Waals surface area contributed by atoms with E-state index in [0.29, 0.717) is 37.4 Å². The predicted molar refractivity (Wildman–Crippen MR) is 117 cm³/mol. The summed E-state index contributed by atoms with van der Waals surface area (Å²) in [6.07, 6.45) is 4.06. The molecule has 0 N–H and O–H groups in total. The third-order valence-electron chi connectivity index (χ3n) is 5.16. The van der Waals surface area contributed by atoms with Crippen molar-refractivity contribution in [1.29, 1.82) is 0 Å². The number of amides is 2. The summed E-state index contributed by atoms with van der Waals surface area (Å²) in [6.45, 7) is 1.35. The van der Waals surface area contributed by atoms with Crippen molar-refractivity contribution >= 4 is 11.8 Å². The molecule has 7 nitrogen and oxygen atoms in total. The fourth-order valence-corrected chi connectivity index (χ4v) is 3.37. The lowest BCUT2D eigenvalue weighted by atomic mass is 10.2. The minimum absolute atomic E-state index is 0.106. The number of rotatable bonds is 11. The fourth-order valence-electron chi connectivity index (χ4n) is 3.37. The monoisotopic (exact) mass is 441 g/mol. The number of methoxy groups -OCH3 is 1. The average molecular weight is 442 g/mol. The third kappa shape index (κ3) is 6.31. The Hall–Kier alpha value is -3.39. The Kier molecular flexibility index (Phi) is 8.21. The van der Waals surface area contributed by atoms with Gasteiger partial charge in [-0.2, -0.15) is 0 Å². The maximum Gasteiger partial charge on any atom is 0.254 e. The maximum absolute atomic E-state index is 13.3. The molecule has 170 valence electrons. The number of ether oxygens (including phenoxy) is 1. The number of carbonyl (C=O) groups excluding carboxylic acids is 2. The molecule has 0 spiro atoms. The summed E-state index contributed by atoms with van der Waals surface area (Å²) in [5.74, 6) is -0.305.